The molecule has 150 valence electrons. The van der Waals surface area contributed by atoms with Crippen molar-refractivity contribution in [3.8, 4) is 11.4 Å². The zero-order valence-corrected chi connectivity index (χ0v) is 17.2. The van der Waals surface area contributed by atoms with Gasteiger partial charge in [-0.2, -0.15) is 13.2 Å². The molecule has 0 saturated heterocycles. The predicted molar refractivity (Wildman–Crippen MR) is 107 cm³/mol. The number of aromatic amines is 1. The van der Waals surface area contributed by atoms with Crippen LogP contribution in [0.4, 0.5) is 13.2 Å². The molecule has 0 aliphatic rings. The number of rotatable bonds is 4. The number of benzene rings is 2. The number of aromatic nitrogens is 5. The van der Waals surface area contributed by atoms with Crippen LogP contribution in [0.1, 0.15) is 29.8 Å². The van der Waals surface area contributed by atoms with Gasteiger partial charge in [0.2, 0.25) is 0 Å². The minimum Gasteiger partial charge on any atom is -0.337 e. The molecule has 0 bridgehead atoms. The Morgan fingerprint density at radius 2 is 2.00 bits per heavy atom. The van der Waals surface area contributed by atoms with Crippen LogP contribution >= 0.6 is 15.9 Å². The van der Waals surface area contributed by atoms with Gasteiger partial charge < -0.3 is 9.55 Å². The maximum absolute atomic E-state index is 13.5. The Bertz CT molecular complexity index is 1180. The van der Waals surface area contributed by atoms with E-state index in [4.69, 9.17) is 0 Å². The summed E-state index contributed by atoms with van der Waals surface area (Å²) in [7, 11) is 1.89. The molecular weight excluding hydrogens is 447 g/mol. The monoisotopic (exact) mass is 463 g/mol. The maximum atomic E-state index is 13.5. The molecule has 1 N–H and O–H groups in total. The molecule has 9 heteroatoms. The van der Waals surface area contributed by atoms with Gasteiger partial charge in [0.1, 0.15) is 18.0 Å². The highest BCUT2D eigenvalue weighted by molar-refractivity contribution is 9.10. The van der Waals surface area contributed by atoms with Crippen LogP contribution in [-0.2, 0) is 19.6 Å². The van der Waals surface area contributed by atoms with Crippen molar-refractivity contribution in [1.82, 2.24) is 24.7 Å². The molecule has 0 aliphatic heterocycles. The van der Waals surface area contributed by atoms with Crippen molar-refractivity contribution < 1.29 is 13.2 Å². The highest BCUT2D eigenvalue weighted by Gasteiger charge is 2.36. The van der Waals surface area contributed by atoms with Gasteiger partial charge in [-0.05, 0) is 29.7 Å². The summed E-state index contributed by atoms with van der Waals surface area (Å²) in [4.78, 5) is 7.25. The molecule has 5 nitrogen and oxygen atoms in total. The third kappa shape index (κ3) is 3.78. The summed E-state index contributed by atoms with van der Waals surface area (Å²) in [5.41, 5.74) is 1.27. The maximum Gasteiger partial charge on any atom is 0.419 e. The second-order valence-electron chi connectivity index (χ2n) is 6.99. The van der Waals surface area contributed by atoms with E-state index in [1.54, 1.807) is 12.4 Å². The number of nitrogens with zero attached hydrogens (tertiary/aromatic N) is 4. The van der Waals surface area contributed by atoms with Crippen molar-refractivity contribution in [2.24, 2.45) is 7.05 Å². The summed E-state index contributed by atoms with van der Waals surface area (Å²) >= 11 is 3.00. The summed E-state index contributed by atoms with van der Waals surface area (Å²) < 4.78 is 42.3. The van der Waals surface area contributed by atoms with Crippen LogP contribution < -0.4 is 0 Å². The fourth-order valence-corrected chi connectivity index (χ4v) is 3.90. The highest BCUT2D eigenvalue weighted by Crippen LogP contribution is 2.40. The molecule has 2 aromatic carbocycles. The van der Waals surface area contributed by atoms with Gasteiger partial charge >= 0.3 is 6.18 Å². The Kier molecular flexibility index (Phi) is 4.94. The normalized spacial score (nSPS) is 13.2. The number of hydrogen-bond acceptors (Lipinski definition) is 3. The Hall–Kier alpha value is -2.68. The summed E-state index contributed by atoms with van der Waals surface area (Å²) in [6.45, 7) is 2.07. The molecule has 0 saturated carbocycles. The minimum absolute atomic E-state index is 0.0150. The third-order valence-corrected chi connectivity index (χ3v) is 5.58. The van der Waals surface area contributed by atoms with Crippen molar-refractivity contribution >= 4 is 27.0 Å². The molecule has 1 atom stereocenters. The zero-order valence-electron chi connectivity index (χ0n) is 15.6. The van der Waals surface area contributed by atoms with Gasteiger partial charge in [0.05, 0.1) is 16.6 Å². The van der Waals surface area contributed by atoms with Gasteiger partial charge in [-0.15, -0.1) is 10.2 Å². The smallest absolute Gasteiger partial charge is 0.337 e. The second kappa shape index (κ2) is 7.29. The Balaban J connectivity index is 1.71. The number of H-pyrrole nitrogens is 1. The zero-order chi connectivity index (χ0) is 20.8. The molecule has 0 aliphatic carbocycles. The summed E-state index contributed by atoms with van der Waals surface area (Å²) in [6, 6.07) is 10.6. The van der Waals surface area contributed by atoms with Crippen LogP contribution in [0.5, 0.6) is 0 Å². The van der Waals surface area contributed by atoms with Crippen LogP contribution in [0, 0.1) is 0 Å². The lowest BCUT2D eigenvalue weighted by atomic mass is 9.95. The first-order valence-corrected chi connectivity index (χ1v) is 9.72. The van der Waals surface area contributed by atoms with E-state index in [-0.39, 0.29) is 21.4 Å². The van der Waals surface area contributed by atoms with E-state index in [0.29, 0.717) is 12.2 Å². The van der Waals surface area contributed by atoms with Crippen molar-refractivity contribution in [2.75, 3.05) is 0 Å². The first kappa shape index (κ1) is 19.6. The molecule has 29 heavy (non-hydrogen) atoms. The first-order chi connectivity index (χ1) is 13.7. The van der Waals surface area contributed by atoms with Crippen molar-refractivity contribution in [1.29, 1.82) is 0 Å². The van der Waals surface area contributed by atoms with Crippen LogP contribution in [-0.4, -0.2) is 24.7 Å². The average molecular weight is 464 g/mol. The van der Waals surface area contributed by atoms with E-state index in [2.05, 4.69) is 43.0 Å². The quantitative estimate of drug-likeness (QED) is 0.435. The fourth-order valence-electron chi connectivity index (χ4n) is 3.34. The standard InChI is InChI=1S/C20H17BrF3N5/c1-11(8-16-28-25-10-29(16)2)12-4-3-5-13(9-12)19-26-15-7-6-14(21)17(18(15)27-19)20(22,23)24/h3-7,9-11H,8H2,1-2H3,(H,26,27). The first-order valence-electron chi connectivity index (χ1n) is 8.92. The van der Waals surface area contributed by atoms with Crippen molar-refractivity contribution in [3.05, 3.63) is 64.1 Å². The van der Waals surface area contributed by atoms with Gasteiger partial charge in [-0.3, -0.25) is 0 Å². The number of imidazole rings is 1. The Morgan fingerprint density at radius 3 is 2.69 bits per heavy atom. The fraction of sp³-hybridized carbons (Fsp3) is 0.250. The number of alkyl halides is 3. The topological polar surface area (TPSA) is 59.4 Å². The molecule has 4 aromatic rings. The molecule has 0 radical (unpaired) electrons. The van der Waals surface area contributed by atoms with Gasteiger partial charge in [-0.25, -0.2) is 4.98 Å². The molecule has 2 aromatic heterocycles. The summed E-state index contributed by atoms with van der Waals surface area (Å²) in [5, 5.41) is 8.01. The molecule has 4 rings (SSSR count). The van der Waals surface area contributed by atoms with Crippen LogP contribution in [0.3, 0.4) is 0 Å². The van der Waals surface area contributed by atoms with E-state index in [1.807, 2.05) is 35.9 Å². The van der Waals surface area contributed by atoms with Gasteiger partial charge in [-0.1, -0.05) is 41.1 Å². The largest absolute Gasteiger partial charge is 0.419 e. The van der Waals surface area contributed by atoms with E-state index in [0.717, 1.165) is 17.0 Å². The van der Waals surface area contributed by atoms with Gasteiger partial charge in [0.25, 0.3) is 0 Å². The Morgan fingerprint density at radius 1 is 1.21 bits per heavy atom. The van der Waals surface area contributed by atoms with E-state index in [9.17, 15) is 13.2 Å². The van der Waals surface area contributed by atoms with Gasteiger partial charge in [0, 0.05) is 23.5 Å². The average Bonchev–Trinajstić information content (AvgIpc) is 3.27. The minimum atomic E-state index is -4.49. The Labute approximate surface area is 173 Å². The number of hydrogen-bond donors (Lipinski definition) is 1. The molecule has 1 unspecified atom stereocenters. The molecule has 0 fully saturated rings. The lowest BCUT2D eigenvalue weighted by Gasteiger charge is -2.12. The lowest BCUT2D eigenvalue weighted by Crippen LogP contribution is -2.07. The lowest BCUT2D eigenvalue weighted by molar-refractivity contribution is -0.137. The summed E-state index contributed by atoms with van der Waals surface area (Å²) in [5.74, 6) is 1.42. The number of fused-ring (bicyclic) bond motifs is 1. The summed E-state index contributed by atoms with van der Waals surface area (Å²) in [6.07, 6.45) is -2.14. The third-order valence-electron chi connectivity index (χ3n) is 4.91. The van der Waals surface area contributed by atoms with Crippen molar-refractivity contribution in [3.63, 3.8) is 0 Å². The van der Waals surface area contributed by atoms with E-state index < -0.39 is 11.7 Å². The molecule has 2 heterocycles. The van der Waals surface area contributed by atoms with Crippen LogP contribution in [0.2, 0.25) is 0 Å². The predicted octanol–water partition coefficient (Wildman–Crippen LogP) is 5.49. The number of aryl methyl sites for hydroxylation is 1. The molecule has 0 spiro atoms. The van der Waals surface area contributed by atoms with Crippen LogP contribution in [0.25, 0.3) is 22.4 Å². The second-order valence-corrected chi connectivity index (χ2v) is 7.84. The SMILES string of the molecule is CC(Cc1nncn1C)c1cccc(-c2nc3ccc(Br)c(C(F)(F)F)c3[nH]2)c1. The van der Waals surface area contributed by atoms with E-state index >= 15 is 0 Å². The number of halogens is 4. The van der Waals surface area contributed by atoms with Gasteiger partial charge in [0.15, 0.2) is 0 Å². The van der Waals surface area contributed by atoms with Crippen LogP contribution in [0.15, 0.2) is 47.2 Å². The number of nitrogens with one attached hydrogen (secondary N) is 1. The highest BCUT2D eigenvalue weighted by atomic mass is 79.9. The molecule has 0 amide bonds. The molecular formula is C20H17BrF3N5. The van der Waals surface area contributed by atoms with Crippen molar-refractivity contribution in [2.45, 2.75) is 25.4 Å². The van der Waals surface area contributed by atoms with E-state index in [1.165, 1.54) is 6.07 Å².